The molecule has 0 radical (unpaired) electrons. The lowest BCUT2D eigenvalue weighted by Crippen LogP contribution is -2.48. The van der Waals surface area contributed by atoms with Crippen molar-refractivity contribution in [2.45, 2.75) is 32.1 Å². The summed E-state index contributed by atoms with van der Waals surface area (Å²) >= 11 is 0. The second-order valence-corrected chi connectivity index (χ2v) is 3.99. The number of methoxy groups -OCH3 is 2. The van der Waals surface area contributed by atoms with E-state index < -0.39 is 0 Å². The van der Waals surface area contributed by atoms with Gasteiger partial charge in [0.05, 0.1) is 0 Å². The van der Waals surface area contributed by atoms with Gasteiger partial charge in [0, 0.05) is 33.4 Å². The van der Waals surface area contributed by atoms with Gasteiger partial charge in [-0.2, -0.15) is 0 Å². The maximum atomic E-state index is 5.24. The second-order valence-electron chi connectivity index (χ2n) is 3.99. The van der Waals surface area contributed by atoms with Crippen LogP contribution in [0.2, 0.25) is 0 Å². The van der Waals surface area contributed by atoms with Gasteiger partial charge in [0.25, 0.3) is 0 Å². The number of nitrogens with zero attached hydrogens (tertiary/aromatic N) is 1. The molecule has 1 atom stereocenters. The van der Waals surface area contributed by atoms with Gasteiger partial charge in [0.15, 0.2) is 6.29 Å². The molecule has 1 rings (SSSR count). The van der Waals surface area contributed by atoms with Crippen LogP contribution in [0.4, 0.5) is 0 Å². The Hall–Kier alpha value is -0.160. The first-order chi connectivity index (χ1) is 7.31. The van der Waals surface area contributed by atoms with Crippen molar-refractivity contribution in [1.82, 2.24) is 10.2 Å². The molecule has 15 heavy (non-hydrogen) atoms. The highest BCUT2D eigenvalue weighted by Gasteiger charge is 2.22. The molecule has 0 aromatic rings. The zero-order chi connectivity index (χ0) is 11.1. The first-order valence-corrected chi connectivity index (χ1v) is 5.82. The van der Waals surface area contributed by atoms with Crippen molar-refractivity contribution in [3.63, 3.8) is 0 Å². The molecular formula is C11H24N2O2. The molecule has 1 heterocycles. The number of rotatable bonds is 6. The van der Waals surface area contributed by atoms with Gasteiger partial charge >= 0.3 is 0 Å². The minimum absolute atomic E-state index is 0.105. The smallest absolute Gasteiger partial charge is 0.169 e. The monoisotopic (exact) mass is 216 g/mol. The molecule has 0 aliphatic carbocycles. The van der Waals surface area contributed by atoms with Crippen molar-refractivity contribution in [3.8, 4) is 0 Å². The number of likely N-dealkylation sites (N-methyl/N-ethyl adjacent to an activating group) is 1. The molecule has 4 heteroatoms. The van der Waals surface area contributed by atoms with Crippen LogP contribution in [0.25, 0.3) is 0 Å². The van der Waals surface area contributed by atoms with Crippen LogP contribution >= 0.6 is 0 Å². The van der Waals surface area contributed by atoms with Crippen LogP contribution in [-0.2, 0) is 9.47 Å². The van der Waals surface area contributed by atoms with E-state index in [-0.39, 0.29) is 6.29 Å². The molecule has 0 saturated carbocycles. The summed E-state index contributed by atoms with van der Waals surface area (Å²) in [5.74, 6) is 0. The van der Waals surface area contributed by atoms with Gasteiger partial charge < -0.3 is 14.8 Å². The summed E-state index contributed by atoms with van der Waals surface area (Å²) in [5.41, 5.74) is 0. The molecule has 0 aromatic carbocycles. The Morgan fingerprint density at radius 3 is 2.60 bits per heavy atom. The van der Waals surface area contributed by atoms with Crippen molar-refractivity contribution in [2.24, 2.45) is 0 Å². The molecular weight excluding hydrogens is 192 g/mol. The van der Waals surface area contributed by atoms with Crippen molar-refractivity contribution in [1.29, 1.82) is 0 Å². The summed E-state index contributed by atoms with van der Waals surface area (Å²) < 4.78 is 10.5. The fourth-order valence-electron chi connectivity index (χ4n) is 2.12. The Labute approximate surface area is 92.9 Å². The van der Waals surface area contributed by atoms with E-state index in [2.05, 4.69) is 17.1 Å². The van der Waals surface area contributed by atoms with Crippen LogP contribution in [0.1, 0.15) is 19.8 Å². The highest BCUT2D eigenvalue weighted by Crippen LogP contribution is 2.11. The lowest BCUT2D eigenvalue weighted by atomic mass is 10.1. The van der Waals surface area contributed by atoms with Crippen LogP contribution in [0.15, 0.2) is 0 Å². The van der Waals surface area contributed by atoms with Crippen LogP contribution in [0.3, 0.4) is 0 Å². The van der Waals surface area contributed by atoms with E-state index in [0.717, 1.165) is 26.2 Å². The van der Waals surface area contributed by atoms with E-state index >= 15 is 0 Å². The summed E-state index contributed by atoms with van der Waals surface area (Å²) in [6, 6.07) is 0.636. The maximum Gasteiger partial charge on any atom is 0.169 e. The van der Waals surface area contributed by atoms with Crippen molar-refractivity contribution < 1.29 is 9.47 Å². The predicted octanol–water partition coefficient (Wildman–Crippen LogP) is 0.679. The number of nitrogens with one attached hydrogen (secondary N) is 1. The predicted molar refractivity (Wildman–Crippen MR) is 60.9 cm³/mol. The number of ether oxygens (including phenoxy) is 2. The molecule has 4 nitrogen and oxygen atoms in total. The molecule has 1 saturated heterocycles. The van der Waals surface area contributed by atoms with E-state index in [1.54, 1.807) is 14.2 Å². The molecule has 1 aliphatic heterocycles. The lowest BCUT2D eigenvalue weighted by molar-refractivity contribution is -0.120. The summed E-state index contributed by atoms with van der Waals surface area (Å²) in [6.07, 6.45) is 2.44. The van der Waals surface area contributed by atoms with Gasteiger partial charge in [-0.1, -0.05) is 6.92 Å². The minimum atomic E-state index is -0.105. The zero-order valence-electron chi connectivity index (χ0n) is 10.2. The van der Waals surface area contributed by atoms with Gasteiger partial charge in [-0.3, -0.25) is 4.90 Å². The normalized spacial score (nSPS) is 22.6. The highest BCUT2D eigenvalue weighted by molar-refractivity contribution is 4.78. The largest absolute Gasteiger partial charge is 0.355 e. The number of hydrogen-bond donors (Lipinski definition) is 1. The Balaban J connectivity index is 2.38. The average Bonchev–Trinajstić information content (AvgIpc) is 2.32. The minimum Gasteiger partial charge on any atom is -0.355 e. The Morgan fingerprint density at radius 1 is 1.40 bits per heavy atom. The fraction of sp³-hybridized carbons (Fsp3) is 1.00. The van der Waals surface area contributed by atoms with Gasteiger partial charge in [0.2, 0.25) is 0 Å². The van der Waals surface area contributed by atoms with Gasteiger partial charge in [-0.25, -0.2) is 0 Å². The van der Waals surface area contributed by atoms with Gasteiger partial charge in [-0.15, -0.1) is 0 Å². The van der Waals surface area contributed by atoms with Crippen LogP contribution in [0, 0.1) is 0 Å². The fourth-order valence-corrected chi connectivity index (χ4v) is 2.12. The molecule has 1 N–H and O–H groups in total. The van der Waals surface area contributed by atoms with Gasteiger partial charge in [-0.05, 0) is 25.9 Å². The number of hydrogen-bond acceptors (Lipinski definition) is 4. The quantitative estimate of drug-likeness (QED) is 0.662. The molecule has 90 valence electrons. The SMILES string of the molecule is CCN(CC(OC)OC)C1CCCNC1. The van der Waals surface area contributed by atoms with E-state index in [1.165, 1.54) is 12.8 Å². The molecule has 0 aromatic heterocycles. The Morgan fingerprint density at radius 2 is 2.13 bits per heavy atom. The van der Waals surface area contributed by atoms with Gasteiger partial charge in [0.1, 0.15) is 0 Å². The highest BCUT2D eigenvalue weighted by atomic mass is 16.7. The molecule has 1 unspecified atom stereocenters. The molecule has 0 spiro atoms. The first kappa shape index (κ1) is 12.9. The van der Waals surface area contributed by atoms with Crippen molar-refractivity contribution in [3.05, 3.63) is 0 Å². The summed E-state index contributed by atoms with van der Waals surface area (Å²) in [6.45, 7) is 6.35. The third-order valence-electron chi connectivity index (χ3n) is 3.10. The standard InChI is InChI=1S/C11H24N2O2/c1-4-13(9-11(14-2)15-3)10-6-5-7-12-8-10/h10-12H,4-9H2,1-3H3. The molecule has 1 fully saturated rings. The zero-order valence-corrected chi connectivity index (χ0v) is 10.2. The summed E-state index contributed by atoms with van der Waals surface area (Å²) in [5, 5.41) is 3.44. The second kappa shape index (κ2) is 7.17. The third kappa shape index (κ3) is 4.07. The summed E-state index contributed by atoms with van der Waals surface area (Å²) in [7, 11) is 3.39. The van der Waals surface area contributed by atoms with E-state index in [0.29, 0.717) is 6.04 Å². The molecule has 0 bridgehead atoms. The number of piperidine rings is 1. The first-order valence-electron chi connectivity index (χ1n) is 5.82. The van der Waals surface area contributed by atoms with Crippen LogP contribution in [-0.4, -0.2) is 57.6 Å². The molecule has 0 amide bonds. The Bertz CT molecular complexity index is 157. The lowest BCUT2D eigenvalue weighted by Gasteiger charge is -2.35. The third-order valence-corrected chi connectivity index (χ3v) is 3.10. The average molecular weight is 216 g/mol. The van der Waals surface area contributed by atoms with E-state index in [4.69, 9.17) is 9.47 Å². The van der Waals surface area contributed by atoms with E-state index in [1.807, 2.05) is 0 Å². The topological polar surface area (TPSA) is 33.7 Å². The van der Waals surface area contributed by atoms with Crippen LogP contribution in [0.5, 0.6) is 0 Å². The van der Waals surface area contributed by atoms with E-state index in [9.17, 15) is 0 Å². The molecule has 1 aliphatic rings. The van der Waals surface area contributed by atoms with Crippen LogP contribution < -0.4 is 5.32 Å². The van der Waals surface area contributed by atoms with Crippen molar-refractivity contribution >= 4 is 0 Å². The van der Waals surface area contributed by atoms with Crippen molar-refractivity contribution in [2.75, 3.05) is 40.4 Å². The maximum absolute atomic E-state index is 5.24. The summed E-state index contributed by atoms with van der Waals surface area (Å²) in [4.78, 5) is 2.43. The Kier molecular flexibility index (Phi) is 6.17.